The van der Waals surface area contributed by atoms with E-state index in [-0.39, 0.29) is 0 Å². The van der Waals surface area contributed by atoms with Crippen LogP contribution in [-0.4, -0.2) is 0 Å². The van der Waals surface area contributed by atoms with Crippen LogP contribution in [0.4, 0.5) is 5.69 Å². The van der Waals surface area contributed by atoms with Gasteiger partial charge in [-0.25, -0.2) is 0 Å². The second kappa shape index (κ2) is 4.47. The Kier molecular flexibility index (Phi) is 3.29. The normalized spacial score (nSPS) is 11.5. The maximum atomic E-state index is 5.70. The van der Waals surface area contributed by atoms with Crippen molar-refractivity contribution in [1.82, 2.24) is 0 Å². The van der Waals surface area contributed by atoms with Gasteiger partial charge in [0.2, 0.25) is 0 Å². The molecule has 0 atom stereocenters. The van der Waals surface area contributed by atoms with Crippen molar-refractivity contribution in [3.05, 3.63) is 46.4 Å². The highest BCUT2D eigenvalue weighted by molar-refractivity contribution is 5.57. The van der Waals surface area contributed by atoms with E-state index < -0.39 is 0 Å². The van der Waals surface area contributed by atoms with Crippen LogP contribution in [0, 0.1) is 0 Å². The fourth-order valence-electron chi connectivity index (χ4n) is 1.16. The average molecular weight is 185 g/mol. The van der Waals surface area contributed by atoms with Gasteiger partial charge in [-0.2, -0.15) is 0 Å². The highest BCUT2D eigenvalue weighted by Crippen LogP contribution is 1.97. The van der Waals surface area contributed by atoms with Crippen LogP contribution in [0.2, 0.25) is 0 Å². The number of allylic oxidation sites excluding steroid dienone is 3. The van der Waals surface area contributed by atoms with Crippen LogP contribution in [0.3, 0.4) is 0 Å². The lowest BCUT2D eigenvalue weighted by Crippen LogP contribution is -2.27. The fraction of sp³-hybridized carbons (Fsp3) is 0.0769. The first-order valence-electron chi connectivity index (χ1n) is 4.52. The van der Waals surface area contributed by atoms with Gasteiger partial charge in [-0.05, 0) is 29.0 Å². The highest BCUT2D eigenvalue weighted by Gasteiger charge is 1.92. The van der Waals surface area contributed by atoms with Gasteiger partial charge in [-0.15, -0.1) is 0 Å². The first-order valence-corrected chi connectivity index (χ1v) is 4.52. The highest BCUT2D eigenvalue weighted by atomic mass is 14.5. The molecule has 0 bridgehead atoms. The summed E-state index contributed by atoms with van der Waals surface area (Å²) in [4.78, 5) is 0. The third kappa shape index (κ3) is 2.13. The van der Waals surface area contributed by atoms with Gasteiger partial charge in [0.05, 0.1) is 0 Å². The Morgan fingerprint density at radius 1 is 1.14 bits per heavy atom. The summed E-state index contributed by atoms with van der Waals surface area (Å²) in [6, 6.07) is 3.80. The minimum Gasteiger partial charge on any atom is -0.398 e. The summed E-state index contributed by atoms with van der Waals surface area (Å²) in [5.41, 5.74) is 7.45. The molecule has 0 aliphatic carbocycles. The third-order valence-electron chi connectivity index (χ3n) is 2.08. The largest absolute Gasteiger partial charge is 0.398 e. The molecule has 0 aromatic heterocycles. The number of hydrogen-bond acceptors (Lipinski definition) is 1. The summed E-state index contributed by atoms with van der Waals surface area (Å²) in [6.45, 7) is 9.79. The summed E-state index contributed by atoms with van der Waals surface area (Å²) in [5.74, 6) is 0. The molecule has 72 valence electrons. The SMILES string of the molecule is C=c1c(N)ccc(/C=C\C=C/C)c1=C. The molecule has 0 aliphatic rings. The van der Waals surface area contributed by atoms with E-state index in [0.717, 1.165) is 16.0 Å². The Morgan fingerprint density at radius 2 is 1.86 bits per heavy atom. The van der Waals surface area contributed by atoms with Gasteiger partial charge in [-0.3, -0.25) is 0 Å². The molecule has 0 spiro atoms. The lowest BCUT2D eigenvalue weighted by Gasteiger charge is -1.98. The molecule has 0 saturated heterocycles. The molecule has 0 radical (unpaired) electrons. The van der Waals surface area contributed by atoms with Crippen molar-refractivity contribution in [2.24, 2.45) is 0 Å². The maximum absolute atomic E-state index is 5.70. The molecular weight excluding hydrogens is 170 g/mol. The molecule has 2 N–H and O–H groups in total. The molecule has 0 unspecified atom stereocenters. The van der Waals surface area contributed by atoms with Crippen molar-refractivity contribution >= 4 is 24.9 Å². The Balaban J connectivity index is 3.19. The van der Waals surface area contributed by atoms with E-state index in [1.54, 1.807) is 0 Å². The van der Waals surface area contributed by atoms with Crippen LogP contribution in [0.15, 0.2) is 30.4 Å². The Labute approximate surface area is 84.6 Å². The number of nitrogens with two attached hydrogens (primary N) is 1. The zero-order valence-electron chi connectivity index (χ0n) is 8.46. The quantitative estimate of drug-likeness (QED) is 0.550. The fourth-order valence-corrected chi connectivity index (χ4v) is 1.16. The summed E-state index contributed by atoms with van der Waals surface area (Å²) in [7, 11) is 0. The van der Waals surface area contributed by atoms with E-state index in [0.29, 0.717) is 5.69 Å². The Hall–Kier alpha value is -1.76. The molecule has 1 heteroatoms. The van der Waals surface area contributed by atoms with Crippen LogP contribution in [0.5, 0.6) is 0 Å². The Bertz CT molecular complexity index is 467. The van der Waals surface area contributed by atoms with Crippen molar-refractivity contribution in [2.45, 2.75) is 6.92 Å². The van der Waals surface area contributed by atoms with Crippen LogP contribution < -0.4 is 16.2 Å². The first kappa shape index (κ1) is 10.3. The van der Waals surface area contributed by atoms with Crippen LogP contribution in [0.1, 0.15) is 12.5 Å². The number of benzene rings is 1. The van der Waals surface area contributed by atoms with Gasteiger partial charge < -0.3 is 5.73 Å². The molecule has 0 fully saturated rings. The average Bonchev–Trinajstić information content (AvgIpc) is 2.18. The number of nitrogen functional groups attached to an aromatic ring is 1. The molecule has 1 aromatic carbocycles. The van der Waals surface area contributed by atoms with Crippen LogP contribution in [-0.2, 0) is 0 Å². The van der Waals surface area contributed by atoms with Gasteiger partial charge in [0, 0.05) is 5.69 Å². The van der Waals surface area contributed by atoms with Crippen LogP contribution >= 0.6 is 0 Å². The summed E-state index contributed by atoms with van der Waals surface area (Å²) in [6.07, 6.45) is 7.91. The van der Waals surface area contributed by atoms with Crippen molar-refractivity contribution in [1.29, 1.82) is 0 Å². The number of hydrogen-bond donors (Lipinski definition) is 1. The summed E-state index contributed by atoms with van der Waals surface area (Å²) in [5, 5.41) is 1.71. The molecule has 0 aliphatic heterocycles. The van der Waals surface area contributed by atoms with E-state index >= 15 is 0 Å². The molecule has 1 nitrogen and oxygen atoms in total. The zero-order chi connectivity index (χ0) is 10.6. The minimum atomic E-state index is 0.693. The van der Waals surface area contributed by atoms with Crippen molar-refractivity contribution in [3.63, 3.8) is 0 Å². The van der Waals surface area contributed by atoms with E-state index in [9.17, 15) is 0 Å². The second-order valence-corrected chi connectivity index (χ2v) is 3.09. The maximum Gasteiger partial charge on any atom is 0.0387 e. The van der Waals surface area contributed by atoms with E-state index in [2.05, 4.69) is 13.2 Å². The van der Waals surface area contributed by atoms with E-state index in [1.165, 1.54) is 0 Å². The molecular formula is C13H15N. The Morgan fingerprint density at radius 3 is 2.50 bits per heavy atom. The number of rotatable bonds is 2. The van der Waals surface area contributed by atoms with Crippen LogP contribution in [0.25, 0.3) is 19.2 Å². The smallest absolute Gasteiger partial charge is 0.0387 e. The molecule has 0 saturated carbocycles. The predicted molar refractivity (Wildman–Crippen MR) is 65.0 cm³/mol. The van der Waals surface area contributed by atoms with Gasteiger partial charge in [0.25, 0.3) is 0 Å². The lowest BCUT2D eigenvalue weighted by atomic mass is 10.1. The second-order valence-electron chi connectivity index (χ2n) is 3.09. The third-order valence-corrected chi connectivity index (χ3v) is 2.08. The summed E-state index contributed by atoms with van der Waals surface area (Å²) >= 11 is 0. The monoisotopic (exact) mass is 185 g/mol. The molecule has 0 heterocycles. The minimum absolute atomic E-state index is 0.693. The molecule has 1 rings (SSSR count). The van der Waals surface area contributed by atoms with Crippen molar-refractivity contribution in [3.8, 4) is 0 Å². The first-order chi connectivity index (χ1) is 6.66. The lowest BCUT2D eigenvalue weighted by molar-refractivity contribution is 1.50. The van der Waals surface area contributed by atoms with Gasteiger partial charge in [0.1, 0.15) is 0 Å². The molecule has 14 heavy (non-hydrogen) atoms. The van der Waals surface area contributed by atoms with Gasteiger partial charge >= 0.3 is 0 Å². The molecule has 0 amide bonds. The predicted octanol–water partition coefficient (Wildman–Crippen LogP) is 1.68. The molecule has 1 aromatic rings. The summed E-state index contributed by atoms with van der Waals surface area (Å²) < 4.78 is 0. The zero-order valence-corrected chi connectivity index (χ0v) is 8.46. The van der Waals surface area contributed by atoms with E-state index in [1.807, 2.05) is 43.4 Å². The van der Waals surface area contributed by atoms with Crippen molar-refractivity contribution < 1.29 is 0 Å². The topological polar surface area (TPSA) is 26.0 Å². The number of anilines is 1. The van der Waals surface area contributed by atoms with E-state index in [4.69, 9.17) is 5.73 Å². The van der Waals surface area contributed by atoms with Gasteiger partial charge in [-0.1, -0.05) is 43.5 Å². The standard InChI is InChI=1S/C13H15N/c1-4-5-6-7-12-8-9-13(14)11(3)10(12)2/h4-9H,2-3,14H2,1H3/b5-4-,7-6-. The van der Waals surface area contributed by atoms with Gasteiger partial charge in [0.15, 0.2) is 0 Å². The van der Waals surface area contributed by atoms with Crippen molar-refractivity contribution in [2.75, 3.05) is 5.73 Å².